The lowest BCUT2D eigenvalue weighted by atomic mass is 9.66. The minimum absolute atomic E-state index is 0.0659. The van der Waals surface area contributed by atoms with Crippen LogP contribution in [-0.2, 0) is 4.79 Å². The normalized spacial score (nSPS) is 19.3. The molecule has 1 amide bonds. The van der Waals surface area contributed by atoms with E-state index in [0.717, 1.165) is 0 Å². The van der Waals surface area contributed by atoms with Crippen LogP contribution in [0.2, 0.25) is 0 Å². The van der Waals surface area contributed by atoms with E-state index >= 15 is 32.8 Å². The van der Waals surface area contributed by atoms with Crippen molar-refractivity contribution in [2.75, 3.05) is 54.5 Å². The number of likely N-dealkylation sites (tertiary alicyclic amines) is 2. The SMILES string of the molecule is COc1ccccc1C(=O)[C@H]1CN(C(C(=O)N(C)C)N2C[C@H](C(=O)c3ccccc3O)C(c3cccc(F)c3C)[C@@H](C(=O)c3ccccc3O)C2)C[C@H](C(=O)c2ccccc2OC)C1c1cccc(F)c1C. The number of ether oxygens (including phenoxy) is 2. The molecular formula is C58H57F2N3O9. The summed E-state index contributed by atoms with van der Waals surface area (Å²) < 4.78 is 43.0. The zero-order valence-electron chi connectivity index (χ0n) is 40.9. The molecule has 6 aromatic carbocycles. The summed E-state index contributed by atoms with van der Waals surface area (Å²) in [5.74, 6) is -10.7. The third-order valence-corrected chi connectivity index (χ3v) is 14.6. The number of para-hydroxylation sites is 4. The van der Waals surface area contributed by atoms with Crippen LogP contribution < -0.4 is 9.47 Å². The Morgan fingerprint density at radius 2 is 0.819 bits per heavy atom. The fraction of sp³-hybridized carbons (Fsp3) is 0.293. The third-order valence-electron chi connectivity index (χ3n) is 14.6. The van der Waals surface area contributed by atoms with Gasteiger partial charge in [0, 0.05) is 75.8 Å². The monoisotopic (exact) mass is 977 g/mol. The van der Waals surface area contributed by atoms with Gasteiger partial charge in [-0.05, 0) is 96.8 Å². The van der Waals surface area contributed by atoms with Crippen LogP contribution in [0.4, 0.5) is 8.78 Å². The molecule has 0 aromatic heterocycles. The fourth-order valence-electron chi connectivity index (χ4n) is 11.0. The number of aromatic hydroxyl groups is 2. The van der Waals surface area contributed by atoms with Gasteiger partial charge in [0.25, 0.3) is 5.91 Å². The highest BCUT2D eigenvalue weighted by Crippen LogP contribution is 2.48. The predicted octanol–water partition coefficient (Wildman–Crippen LogP) is 8.92. The predicted molar refractivity (Wildman–Crippen MR) is 267 cm³/mol. The number of hydrogen-bond donors (Lipinski definition) is 2. The second kappa shape index (κ2) is 21.4. The summed E-state index contributed by atoms with van der Waals surface area (Å²) in [4.78, 5) is 81.8. The van der Waals surface area contributed by atoms with Gasteiger partial charge in [0.2, 0.25) is 0 Å². The topological polar surface area (TPSA) is 154 Å². The Balaban J connectivity index is 1.36. The third kappa shape index (κ3) is 9.63. The van der Waals surface area contributed by atoms with Gasteiger partial charge in [0.05, 0.1) is 36.5 Å². The van der Waals surface area contributed by atoms with Crippen LogP contribution >= 0.6 is 0 Å². The van der Waals surface area contributed by atoms with Crippen LogP contribution in [0.15, 0.2) is 133 Å². The molecule has 0 spiro atoms. The fourth-order valence-corrected chi connectivity index (χ4v) is 11.0. The van der Waals surface area contributed by atoms with Crippen LogP contribution in [0.25, 0.3) is 0 Å². The van der Waals surface area contributed by atoms with Gasteiger partial charge in [-0.25, -0.2) is 8.78 Å². The molecular weight excluding hydrogens is 921 g/mol. The smallest absolute Gasteiger partial charge is 0.254 e. The zero-order chi connectivity index (χ0) is 51.5. The first kappa shape index (κ1) is 50.8. The van der Waals surface area contributed by atoms with Crippen LogP contribution in [0.1, 0.15) is 75.5 Å². The van der Waals surface area contributed by atoms with Crippen molar-refractivity contribution in [3.63, 3.8) is 0 Å². The molecule has 2 N–H and O–H groups in total. The van der Waals surface area contributed by atoms with Crippen molar-refractivity contribution in [1.82, 2.24) is 14.7 Å². The number of hydrogen-bond acceptors (Lipinski definition) is 11. The van der Waals surface area contributed by atoms with Gasteiger partial charge in [-0.3, -0.25) is 33.8 Å². The number of amides is 1. The second-order valence-corrected chi connectivity index (χ2v) is 18.8. The summed E-state index contributed by atoms with van der Waals surface area (Å²) >= 11 is 0. The molecule has 72 heavy (non-hydrogen) atoms. The van der Waals surface area contributed by atoms with E-state index in [2.05, 4.69) is 0 Å². The van der Waals surface area contributed by atoms with Gasteiger partial charge in [-0.1, -0.05) is 72.8 Å². The van der Waals surface area contributed by atoms with Crippen LogP contribution in [0.5, 0.6) is 23.0 Å². The Kier molecular flexibility index (Phi) is 15.1. The van der Waals surface area contributed by atoms with Gasteiger partial charge in [-0.2, -0.15) is 0 Å². The first-order chi connectivity index (χ1) is 34.6. The van der Waals surface area contributed by atoms with E-state index in [1.54, 1.807) is 123 Å². The largest absolute Gasteiger partial charge is 0.507 e. The molecule has 8 rings (SSSR count). The van der Waals surface area contributed by atoms with E-state index in [9.17, 15) is 10.2 Å². The number of halogens is 2. The average Bonchev–Trinajstić information content (AvgIpc) is 3.39. The Labute approximate surface area is 417 Å². The molecule has 14 heteroatoms. The number of piperidine rings is 2. The van der Waals surface area contributed by atoms with E-state index in [4.69, 9.17) is 9.47 Å². The van der Waals surface area contributed by atoms with Gasteiger partial charge < -0.3 is 24.6 Å². The first-order valence-electron chi connectivity index (χ1n) is 23.8. The summed E-state index contributed by atoms with van der Waals surface area (Å²) in [6.07, 6.45) is -1.38. The number of phenolic OH excluding ortho intramolecular Hbond substituents is 2. The Hall–Kier alpha value is -7.55. The molecule has 2 aliphatic rings. The lowest BCUT2D eigenvalue weighted by Crippen LogP contribution is -2.65. The lowest BCUT2D eigenvalue weighted by molar-refractivity contribution is -0.146. The molecule has 12 nitrogen and oxygen atoms in total. The van der Waals surface area contributed by atoms with Crippen molar-refractivity contribution in [3.8, 4) is 23.0 Å². The molecule has 0 bridgehead atoms. The maximum absolute atomic E-state index is 15.8. The highest BCUT2D eigenvalue weighted by Gasteiger charge is 2.53. The summed E-state index contributed by atoms with van der Waals surface area (Å²) in [5, 5.41) is 22.4. The van der Waals surface area contributed by atoms with Crippen molar-refractivity contribution in [1.29, 1.82) is 0 Å². The number of benzene rings is 6. The molecule has 0 aliphatic carbocycles. The summed E-state index contributed by atoms with van der Waals surface area (Å²) in [6, 6.07) is 34.2. The minimum Gasteiger partial charge on any atom is -0.507 e. The highest BCUT2D eigenvalue weighted by atomic mass is 19.1. The van der Waals surface area contributed by atoms with Gasteiger partial charge >= 0.3 is 0 Å². The molecule has 2 fully saturated rings. The molecule has 0 radical (unpaired) electrons. The van der Waals surface area contributed by atoms with E-state index in [1.807, 2.05) is 0 Å². The van der Waals surface area contributed by atoms with Gasteiger partial charge in [-0.15, -0.1) is 0 Å². The Morgan fingerprint density at radius 1 is 0.500 bits per heavy atom. The molecule has 0 saturated carbocycles. The molecule has 6 aromatic rings. The maximum Gasteiger partial charge on any atom is 0.254 e. The van der Waals surface area contributed by atoms with Crippen LogP contribution in [-0.4, -0.2) is 115 Å². The van der Waals surface area contributed by atoms with Crippen molar-refractivity contribution < 1.29 is 52.4 Å². The maximum atomic E-state index is 15.8. The van der Waals surface area contributed by atoms with E-state index in [1.165, 1.54) is 67.7 Å². The molecule has 2 heterocycles. The van der Waals surface area contributed by atoms with Gasteiger partial charge in [0.15, 0.2) is 23.1 Å². The van der Waals surface area contributed by atoms with Crippen molar-refractivity contribution in [2.45, 2.75) is 31.8 Å². The number of phenols is 2. The zero-order valence-corrected chi connectivity index (χ0v) is 40.9. The van der Waals surface area contributed by atoms with E-state index in [0.29, 0.717) is 11.1 Å². The molecule has 372 valence electrons. The number of likely N-dealkylation sites (N-methyl/N-ethyl adjacent to an activating group) is 1. The standard InChI is InChI=1S/C58H57F2N3O9/c1-33-35(21-15-23-45(33)59)51-41(53(66)37-17-7-11-25-47(37)64)29-62(30-42(51)54(67)38-18-8-12-26-48(38)65)57(58(70)61(3)4)63-31-43(55(68)39-19-9-13-27-49(39)71-5)52(36-22-16-24-46(60)34(36)2)44(32-63)56(69)40-20-10-14-28-50(40)72-6/h7-28,41-44,51-52,57,64-65H,29-32H2,1-6H3/t41-,42-,43-,44-,57?/m0/s1. The minimum atomic E-state index is -1.38. The Morgan fingerprint density at radius 3 is 1.15 bits per heavy atom. The second-order valence-electron chi connectivity index (χ2n) is 18.8. The summed E-state index contributed by atoms with van der Waals surface area (Å²) in [7, 11) is 5.96. The van der Waals surface area contributed by atoms with Crippen molar-refractivity contribution in [2.24, 2.45) is 23.7 Å². The number of methoxy groups -OCH3 is 2. The van der Waals surface area contributed by atoms with Gasteiger partial charge in [0.1, 0.15) is 40.8 Å². The molecule has 1 unspecified atom stereocenters. The number of carbonyl (C=O) groups excluding carboxylic acids is 5. The molecule has 2 saturated heterocycles. The average molecular weight is 978 g/mol. The summed E-state index contributed by atoms with van der Waals surface area (Å²) in [6.45, 7) is 2.32. The van der Waals surface area contributed by atoms with E-state index in [-0.39, 0.29) is 82.6 Å². The van der Waals surface area contributed by atoms with Crippen LogP contribution in [0.3, 0.4) is 0 Å². The lowest BCUT2D eigenvalue weighted by Gasteiger charge is -2.52. The summed E-state index contributed by atoms with van der Waals surface area (Å²) in [5.41, 5.74) is 1.44. The number of Topliss-reactive ketones (excluding diaryl/α,β-unsaturated/α-hetero) is 4. The van der Waals surface area contributed by atoms with Crippen molar-refractivity contribution in [3.05, 3.63) is 190 Å². The van der Waals surface area contributed by atoms with Crippen LogP contribution in [0, 0.1) is 49.2 Å². The number of nitrogens with zero attached hydrogens (tertiary/aromatic N) is 3. The highest BCUT2D eigenvalue weighted by molar-refractivity contribution is 6.06. The molecule has 5 atom stereocenters. The quantitative estimate of drug-likeness (QED) is 0.0949. The first-order valence-corrected chi connectivity index (χ1v) is 23.8. The number of rotatable bonds is 15. The number of ketones is 4. The Bertz CT molecular complexity index is 2910. The van der Waals surface area contributed by atoms with Crippen molar-refractivity contribution >= 4 is 29.0 Å². The number of carbonyl (C=O) groups is 5. The molecule has 2 aliphatic heterocycles. The van der Waals surface area contributed by atoms with E-state index < -0.39 is 82.3 Å².